The fraction of sp³-hybridized carbons (Fsp3) is 0.350. The molecule has 3 heterocycles. The minimum Gasteiger partial charge on any atom is -0.378 e. The molecule has 7 heteroatoms. The van der Waals surface area contributed by atoms with E-state index in [-0.39, 0.29) is 6.04 Å². The van der Waals surface area contributed by atoms with Crippen LogP contribution in [0.5, 0.6) is 0 Å². The number of thiazole rings is 1. The third-order valence-electron chi connectivity index (χ3n) is 4.60. The van der Waals surface area contributed by atoms with E-state index in [1.54, 1.807) is 17.7 Å². The number of morpholine rings is 1. The summed E-state index contributed by atoms with van der Waals surface area (Å²) < 4.78 is 5.42. The zero-order valence-electron chi connectivity index (χ0n) is 15.6. The lowest BCUT2D eigenvalue weighted by atomic mass is 10.2. The molecule has 1 aliphatic rings. The molecule has 1 fully saturated rings. The number of ether oxygens (including phenoxy) is 1. The van der Waals surface area contributed by atoms with Crippen molar-refractivity contribution in [3.05, 3.63) is 53.3 Å². The van der Waals surface area contributed by atoms with Gasteiger partial charge in [-0.05, 0) is 13.8 Å². The number of aromatic nitrogens is 3. The fourth-order valence-electron chi connectivity index (χ4n) is 3.19. The van der Waals surface area contributed by atoms with Crippen LogP contribution in [0, 0.1) is 6.92 Å². The second kappa shape index (κ2) is 8.02. The molecule has 1 unspecified atom stereocenters. The van der Waals surface area contributed by atoms with Crippen molar-refractivity contribution in [3.8, 4) is 10.6 Å². The van der Waals surface area contributed by atoms with Gasteiger partial charge in [-0.2, -0.15) is 0 Å². The molecule has 1 N–H and O–H groups in total. The number of nitrogens with zero attached hydrogens (tertiary/aromatic N) is 4. The van der Waals surface area contributed by atoms with E-state index in [0.717, 1.165) is 54.2 Å². The Balaban J connectivity index is 1.51. The van der Waals surface area contributed by atoms with Gasteiger partial charge in [-0.25, -0.2) is 15.0 Å². The van der Waals surface area contributed by atoms with Gasteiger partial charge in [-0.3, -0.25) is 0 Å². The number of nitrogens with one attached hydrogen (secondary N) is 1. The van der Waals surface area contributed by atoms with Crippen molar-refractivity contribution in [1.82, 2.24) is 15.0 Å². The van der Waals surface area contributed by atoms with Crippen molar-refractivity contribution in [3.63, 3.8) is 0 Å². The highest BCUT2D eigenvalue weighted by molar-refractivity contribution is 7.15. The van der Waals surface area contributed by atoms with Crippen molar-refractivity contribution in [2.24, 2.45) is 0 Å². The number of hydrogen-bond acceptors (Lipinski definition) is 7. The van der Waals surface area contributed by atoms with Gasteiger partial charge in [-0.15, -0.1) is 11.3 Å². The Morgan fingerprint density at radius 1 is 1.15 bits per heavy atom. The number of hydrogen-bond donors (Lipinski definition) is 1. The monoisotopic (exact) mass is 381 g/mol. The van der Waals surface area contributed by atoms with Gasteiger partial charge in [0.15, 0.2) is 0 Å². The van der Waals surface area contributed by atoms with Crippen LogP contribution >= 0.6 is 11.3 Å². The molecule has 1 aliphatic heterocycles. The van der Waals surface area contributed by atoms with Crippen LogP contribution < -0.4 is 10.2 Å². The third-order valence-corrected chi connectivity index (χ3v) is 5.99. The van der Waals surface area contributed by atoms with Crippen LogP contribution in [0.25, 0.3) is 10.6 Å². The molecule has 0 amide bonds. The molecule has 0 radical (unpaired) electrons. The minimum absolute atomic E-state index is 0.118. The zero-order chi connectivity index (χ0) is 18.6. The molecule has 1 saturated heterocycles. The first-order valence-corrected chi connectivity index (χ1v) is 9.96. The Morgan fingerprint density at radius 2 is 1.93 bits per heavy atom. The van der Waals surface area contributed by atoms with E-state index in [1.165, 1.54) is 4.88 Å². The number of aryl methyl sites for hydroxylation is 1. The van der Waals surface area contributed by atoms with Gasteiger partial charge in [0.25, 0.3) is 0 Å². The summed E-state index contributed by atoms with van der Waals surface area (Å²) in [6.07, 6.45) is 1.62. The van der Waals surface area contributed by atoms with Crippen LogP contribution in [0.3, 0.4) is 0 Å². The van der Waals surface area contributed by atoms with E-state index in [9.17, 15) is 0 Å². The predicted molar refractivity (Wildman–Crippen MR) is 109 cm³/mol. The van der Waals surface area contributed by atoms with Crippen molar-refractivity contribution >= 4 is 23.0 Å². The molecule has 140 valence electrons. The molecule has 0 bridgehead atoms. The first kappa shape index (κ1) is 17.9. The summed E-state index contributed by atoms with van der Waals surface area (Å²) in [6.45, 7) is 7.42. The third kappa shape index (κ3) is 4.09. The van der Waals surface area contributed by atoms with Crippen molar-refractivity contribution < 1.29 is 4.74 Å². The highest BCUT2D eigenvalue weighted by Gasteiger charge is 2.17. The summed E-state index contributed by atoms with van der Waals surface area (Å²) >= 11 is 1.73. The molecule has 0 spiro atoms. The molecule has 0 saturated carbocycles. The number of anilines is 2. The standard InChI is InChI=1S/C20H23N5OS/c1-14(19-15(2)24-20(27-19)16-6-4-3-5-7-16)23-17-12-18(22-13-21-17)25-8-10-26-11-9-25/h3-7,12-14H,8-11H2,1-2H3,(H,21,22,23). The number of rotatable bonds is 5. The van der Waals surface area contributed by atoms with Crippen molar-refractivity contribution in [1.29, 1.82) is 0 Å². The Hall–Kier alpha value is -2.51. The van der Waals surface area contributed by atoms with Gasteiger partial charge >= 0.3 is 0 Å². The van der Waals surface area contributed by atoms with E-state index in [0.29, 0.717) is 0 Å². The Kier molecular flexibility index (Phi) is 5.31. The molecule has 1 atom stereocenters. The van der Waals surface area contributed by atoms with E-state index < -0.39 is 0 Å². The molecule has 4 rings (SSSR count). The predicted octanol–water partition coefficient (Wildman–Crippen LogP) is 3.92. The van der Waals surface area contributed by atoms with Crippen LogP contribution in [0.15, 0.2) is 42.7 Å². The molecule has 1 aromatic carbocycles. The summed E-state index contributed by atoms with van der Waals surface area (Å²) in [5.74, 6) is 1.77. The SMILES string of the molecule is Cc1nc(-c2ccccc2)sc1C(C)Nc1cc(N2CCOCC2)ncn1. The van der Waals surface area contributed by atoms with E-state index in [1.807, 2.05) is 24.3 Å². The van der Waals surface area contributed by atoms with Gasteiger partial charge in [0.2, 0.25) is 0 Å². The molecule has 0 aliphatic carbocycles. The summed E-state index contributed by atoms with van der Waals surface area (Å²) in [4.78, 5) is 17.0. The van der Waals surface area contributed by atoms with E-state index >= 15 is 0 Å². The van der Waals surface area contributed by atoms with Gasteiger partial charge in [0.05, 0.1) is 24.9 Å². The van der Waals surface area contributed by atoms with Crippen LogP contribution in [-0.4, -0.2) is 41.3 Å². The maximum atomic E-state index is 5.42. The van der Waals surface area contributed by atoms with E-state index in [4.69, 9.17) is 9.72 Å². The normalized spacial score (nSPS) is 15.6. The molecule has 6 nitrogen and oxygen atoms in total. The number of benzene rings is 1. The second-order valence-corrected chi connectivity index (χ2v) is 7.59. The highest BCUT2D eigenvalue weighted by atomic mass is 32.1. The van der Waals surface area contributed by atoms with Crippen LogP contribution in [0.1, 0.15) is 23.5 Å². The lowest BCUT2D eigenvalue weighted by molar-refractivity contribution is 0.122. The Labute approximate surface area is 163 Å². The largest absolute Gasteiger partial charge is 0.378 e. The first-order valence-electron chi connectivity index (χ1n) is 9.15. The highest BCUT2D eigenvalue weighted by Crippen LogP contribution is 2.33. The Morgan fingerprint density at radius 3 is 2.70 bits per heavy atom. The fourth-order valence-corrected chi connectivity index (χ4v) is 4.27. The van der Waals surface area contributed by atoms with Crippen LogP contribution in [0.4, 0.5) is 11.6 Å². The average Bonchev–Trinajstić information content (AvgIpc) is 3.11. The first-order chi connectivity index (χ1) is 13.2. The quantitative estimate of drug-likeness (QED) is 0.723. The van der Waals surface area contributed by atoms with E-state index in [2.05, 4.69) is 46.2 Å². The van der Waals surface area contributed by atoms with Gasteiger partial charge in [0, 0.05) is 29.6 Å². The summed E-state index contributed by atoms with van der Waals surface area (Å²) in [7, 11) is 0. The topological polar surface area (TPSA) is 63.2 Å². The minimum atomic E-state index is 0.118. The summed E-state index contributed by atoms with van der Waals surface area (Å²) in [5, 5.41) is 4.55. The Bertz CT molecular complexity index is 892. The van der Waals surface area contributed by atoms with Crippen LogP contribution in [-0.2, 0) is 4.74 Å². The lowest BCUT2D eigenvalue weighted by Gasteiger charge is -2.28. The van der Waals surface area contributed by atoms with Gasteiger partial charge < -0.3 is 15.0 Å². The maximum Gasteiger partial charge on any atom is 0.134 e. The van der Waals surface area contributed by atoms with Crippen LogP contribution in [0.2, 0.25) is 0 Å². The zero-order valence-corrected chi connectivity index (χ0v) is 16.4. The smallest absolute Gasteiger partial charge is 0.134 e. The maximum absolute atomic E-state index is 5.42. The van der Waals surface area contributed by atoms with Gasteiger partial charge in [0.1, 0.15) is 23.0 Å². The second-order valence-electron chi connectivity index (χ2n) is 6.56. The molecular formula is C20H23N5OS. The van der Waals surface area contributed by atoms with Gasteiger partial charge in [-0.1, -0.05) is 30.3 Å². The lowest BCUT2D eigenvalue weighted by Crippen LogP contribution is -2.36. The van der Waals surface area contributed by atoms with Crippen molar-refractivity contribution in [2.45, 2.75) is 19.9 Å². The molecular weight excluding hydrogens is 358 g/mol. The average molecular weight is 382 g/mol. The summed E-state index contributed by atoms with van der Waals surface area (Å²) in [6, 6.07) is 12.4. The summed E-state index contributed by atoms with van der Waals surface area (Å²) in [5.41, 5.74) is 2.21. The molecule has 2 aromatic heterocycles. The van der Waals surface area contributed by atoms with Crippen molar-refractivity contribution in [2.75, 3.05) is 36.5 Å². The molecule has 3 aromatic rings. The molecule has 27 heavy (non-hydrogen) atoms.